The van der Waals surface area contributed by atoms with Gasteiger partial charge < -0.3 is 15.9 Å². The van der Waals surface area contributed by atoms with E-state index in [1.807, 2.05) is 0 Å². The van der Waals surface area contributed by atoms with Gasteiger partial charge in [-0.1, -0.05) is 35.6 Å². The van der Waals surface area contributed by atoms with Gasteiger partial charge in [-0.25, -0.2) is 5.43 Å². The van der Waals surface area contributed by atoms with Gasteiger partial charge in [0.1, 0.15) is 11.8 Å². The van der Waals surface area contributed by atoms with Crippen molar-refractivity contribution >= 4 is 29.7 Å². The second-order valence-electron chi connectivity index (χ2n) is 5.44. The predicted molar refractivity (Wildman–Crippen MR) is 102 cm³/mol. The molecule has 2 aromatic carbocycles. The van der Waals surface area contributed by atoms with E-state index in [4.69, 9.17) is 22.4 Å². The fourth-order valence-electron chi connectivity index (χ4n) is 1.88. The first-order valence-corrected chi connectivity index (χ1v) is 8.14. The molecule has 1 unspecified atom stereocenters. The minimum atomic E-state index is -1.09. The summed E-state index contributed by atoms with van der Waals surface area (Å²) in [6.07, 6.45) is 1.52. The van der Waals surface area contributed by atoms with E-state index < -0.39 is 17.9 Å². The highest BCUT2D eigenvalue weighted by atomic mass is 35.5. The number of rotatable bonds is 5. The Hall–Kier alpha value is -3.34. The number of aliphatic carboxylic acids is 1. The van der Waals surface area contributed by atoms with Crippen LogP contribution in [0.15, 0.2) is 47.6 Å². The number of aromatic hydroxyl groups is 1. The molecule has 0 aliphatic rings. The smallest absolute Gasteiger partial charge is 0.321 e. The first kappa shape index (κ1) is 20.0. The molecule has 2 aromatic rings. The van der Waals surface area contributed by atoms with Crippen LogP contribution in [0.1, 0.15) is 27.9 Å². The van der Waals surface area contributed by atoms with Gasteiger partial charge in [-0.15, -0.1) is 0 Å². The molecule has 0 aliphatic carbocycles. The van der Waals surface area contributed by atoms with Crippen LogP contribution >= 0.6 is 11.6 Å². The van der Waals surface area contributed by atoms with Crippen molar-refractivity contribution in [1.29, 1.82) is 0 Å². The topological polar surface area (TPSA) is 125 Å². The summed E-state index contributed by atoms with van der Waals surface area (Å²) in [5.74, 6) is 3.87. The Kier molecular flexibility index (Phi) is 6.94. The number of carbonyl (C=O) groups excluding carboxylic acids is 1. The van der Waals surface area contributed by atoms with Crippen molar-refractivity contribution in [1.82, 2.24) is 5.43 Å². The van der Waals surface area contributed by atoms with Crippen molar-refractivity contribution in [2.24, 2.45) is 10.8 Å². The van der Waals surface area contributed by atoms with Gasteiger partial charge in [0.15, 0.2) is 0 Å². The molecule has 2 rings (SSSR count). The lowest BCUT2D eigenvalue weighted by Crippen LogP contribution is -2.29. The number of benzene rings is 2. The van der Waals surface area contributed by atoms with Gasteiger partial charge in [0, 0.05) is 17.5 Å². The zero-order chi connectivity index (χ0) is 19.8. The van der Waals surface area contributed by atoms with Gasteiger partial charge in [-0.05, 0) is 35.9 Å². The molecule has 0 saturated carbocycles. The summed E-state index contributed by atoms with van der Waals surface area (Å²) < 4.78 is 0. The quantitative estimate of drug-likeness (QED) is 0.355. The zero-order valence-corrected chi connectivity index (χ0v) is 14.8. The van der Waals surface area contributed by atoms with Gasteiger partial charge in [-0.2, -0.15) is 5.10 Å². The summed E-state index contributed by atoms with van der Waals surface area (Å²) in [4.78, 5) is 22.5. The molecule has 0 bridgehead atoms. The summed E-state index contributed by atoms with van der Waals surface area (Å²) in [6, 6.07) is 10.1. The van der Waals surface area contributed by atoms with E-state index >= 15 is 0 Å². The Labute approximate surface area is 160 Å². The standard InChI is InChI=1S/C19H16ClN3O4/c20-15-10-14(8-9-17(15)24)18(25)23-22-11-13-6-4-12(5-7-13)2-1-3-16(21)19(26)27/h4-11,16,24H,3,21H2,(H,23,25)(H,26,27)/b22-11+. The maximum absolute atomic E-state index is 11.9. The normalized spacial score (nSPS) is 11.5. The van der Waals surface area contributed by atoms with E-state index in [1.165, 1.54) is 24.4 Å². The van der Waals surface area contributed by atoms with E-state index in [0.717, 1.165) is 5.56 Å². The number of hydrogen-bond acceptors (Lipinski definition) is 5. The third-order valence-electron chi connectivity index (χ3n) is 3.37. The van der Waals surface area contributed by atoms with E-state index in [2.05, 4.69) is 22.4 Å². The Balaban J connectivity index is 1.92. The van der Waals surface area contributed by atoms with Crippen LogP contribution in [0.25, 0.3) is 0 Å². The molecular weight excluding hydrogens is 370 g/mol. The van der Waals surface area contributed by atoms with Crippen LogP contribution in [0, 0.1) is 11.8 Å². The molecule has 0 aliphatic heterocycles. The zero-order valence-electron chi connectivity index (χ0n) is 14.0. The van der Waals surface area contributed by atoms with Crippen LogP contribution < -0.4 is 11.2 Å². The van der Waals surface area contributed by atoms with Crippen LogP contribution in [-0.4, -0.2) is 34.3 Å². The lowest BCUT2D eigenvalue weighted by atomic mass is 10.1. The van der Waals surface area contributed by atoms with E-state index in [0.29, 0.717) is 5.56 Å². The number of hydrogen-bond donors (Lipinski definition) is 4. The van der Waals surface area contributed by atoms with Crippen LogP contribution in [0.5, 0.6) is 5.75 Å². The van der Waals surface area contributed by atoms with E-state index in [9.17, 15) is 14.7 Å². The minimum Gasteiger partial charge on any atom is -0.506 e. The number of carbonyl (C=O) groups is 2. The van der Waals surface area contributed by atoms with Crippen molar-refractivity contribution in [2.45, 2.75) is 12.5 Å². The molecule has 0 spiro atoms. The van der Waals surface area contributed by atoms with Gasteiger partial charge in [0.2, 0.25) is 0 Å². The monoisotopic (exact) mass is 385 g/mol. The fraction of sp³-hybridized carbons (Fsp3) is 0.105. The van der Waals surface area contributed by atoms with Crippen molar-refractivity contribution in [3.8, 4) is 17.6 Å². The highest BCUT2D eigenvalue weighted by Crippen LogP contribution is 2.23. The van der Waals surface area contributed by atoms with Crippen LogP contribution in [0.2, 0.25) is 5.02 Å². The largest absolute Gasteiger partial charge is 0.506 e. The maximum Gasteiger partial charge on any atom is 0.321 e. The second kappa shape index (κ2) is 9.38. The van der Waals surface area contributed by atoms with Gasteiger partial charge in [0.25, 0.3) is 5.91 Å². The van der Waals surface area contributed by atoms with Gasteiger partial charge in [-0.3, -0.25) is 9.59 Å². The predicted octanol–water partition coefficient (Wildman–Crippen LogP) is 1.96. The molecule has 27 heavy (non-hydrogen) atoms. The molecule has 0 fully saturated rings. The third-order valence-corrected chi connectivity index (χ3v) is 3.67. The Morgan fingerprint density at radius 3 is 2.59 bits per heavy atom. The molecule has 7 nitrogen and oxygen atoms in total. The van der Waals surface area contributed by atoms with E-state index in [1.54, 1.807) is 24.3 Å². The first-order valence-electron chi connectivity index (χ1n) is 7.76. The molecule has 1 amide bonds. The number of phenolic OH excluding ortho intramolecular Hbond substituents is 1. The molecule has 138 valence electrons. The Morgan fingerprint density at radius 1 is 1.26 bits per heavy atom. The molecule has 0 radical (unpaired) electrons. The summed E-state index contributed by atoms with van der Waals surface area (Å²) >= 11 is 5.76. The second-order valence-corrected chi connectivity index (χ2v) is 5.85. The molecular formula is C19H16ClN3O4. The summed E-state index contributed by atoms with van der Waals surface area (Å²) in [6.45, 7) is 0. The molecule has 1 atom stereocenters. The number of nitrogens with two attached hydrogens (primary N) is 1. The minimum absolute atomic E-state index is 0.0614. The van der Waals surface area contributed by atoms with Crippen LogP contribution in [-0.2, 0) is 4.79 Å². The number of carboxylic acids is 1. The molecule has 5 N–H and O–H groups in total. The molecule has 0 saturated heterocycles. The Morgan fingerprint density at radius 2 is 1.96 bits per heavy atom. The number of phenols is 1. The van der Waals surface area contributed by atoms with Crippen molar-refractivity contribution in [2.75, 3.05) is 0 Å². The molecule has 8 heteroatoms. The maximum atomic E-state index is 11.9. The van der Waals surface area contributed by atoms with Crippen LogP contribution in [0.3, 0.4) is 0 Å². The lowest BCUT2D eigenvalue weighted by Gasteiger charge is -2.02. The number of halogens is 1. The highest BCUT2D eigenvalue weighted by Gasteiger charge is 2.08. The average molecular weight is 386 g/mol. The number of amides is 1. The third kappa shape index (κ3) is 6.15. The SMILES string of the molecule is NC(CC#Cc1ccc(/C=N/NC(=O)c2ccc(O)c(Cl)c2)cc1)C(=O)O. The lowest BCUT2D eigenvalue weighted by molar-refractivity contribution is -0.138. The van der Waals surface area contributed by atoms with E-state index in [-0.39, 0.29) is 22.8 Å². The van der Waals surface area contributed by atoms with Crippen molar-refractivity contribution in [3.63, 3.8) is 0 Å². The Bertz CT molecular complexity index is 930. The van der Waals surface area contributed by atoms with Crippen molar-refractivity contribution in [3.05, 3.63) is 64.2 Å². The number of nitrogens with one attached hydrogen (secondary N) is 1. The summed E-state index contributed by atoms with van der Waals surface area (Å²) in [5, 5.41) is 22.0. The first-order chi connectivity index (χ1) is 12.9. The number of nitrogens with zero attached hydrogens (tertiary/aromatic N) is 1. The fourth-order valence-corrected chi connectivity index (χ4v) is 2.06. The summed E-state index contributed by atoms with van der Waals surface area (Å²) in [5.41, 5.74) is 9.42. The molecule has 0 aromatic heterocycles. The number of carboxylic acid groups (broad SMARTS) is 1. The molecule has 0 heterocycles. The van der Waals surface area contributed by atoms with Crippen LogP contribution in [0.4, 0.5) is 0 Å². The van der Waals surface area contributed by atoms with Gasteiger partial charge in [0.05, 0.1) is 11.2 Å². The van der Waals surface area contributed by atoms with Crippen molar-refractivity contribution < 1.29 is 19.8 Å². The highest BCUT2D eigenvalue weighted by molar-refractivity contribution is 6.32. The van der Waals surface area contributed by atoms with Gasteiger partial charge >= 0.3 is 5.97 Å². The average Bonchev–Trinajstić information content (AvgIpc) is 2.65. The number of hydrazone groups is 1. The summed E-state index contributed by atoms with van der Waals surface area (Å²) in [7, 11) is 0.